The summed E-state index contributed by atoms with van der Waals surface area (Å²) in [6, 6.07) is 63.1. The Balaban J connectivity index is 0.000000341. The van der Waals surface area contributed by atoms with E-state index in [1.165, 1.54) is 127 Å². The molecule has 8 N–H and O–H groups in total. The second-order valence-corrected chi connectivity index (χ2v) is 38.6. The lowest BCUT2D eigenvalue weighted by atomic mass is 9.85. The Morgan fingerprint density at radius 3 is 0.958 bits per heavy atom. The predicted molar refractivity (Wildman–Crippen MR) is 589 cm³/mol. The minimum atomic E-state index is -0.640. The summed E-state index contributed by atoms with van der Waals surface area (Å²) in [5, 5.41) is 76.6. The highest BCUT2D eigenvalue weighted by Crippen LogP contribution is 2.34. The molecule has 0 saturated heterocycles. The highest BCUT2D eigenvalue weighted by molar-refractivity contribution is 5.37. The molecule has 11 rings (SSSR count). The number of aryl methyl sites for hydroxylation is 2. The largest absolute Gasteiger partial charge is 0.494 e. The summed E-state index contributed by atoms with van der Waals surface area (Å²) in [4.78, 5) is 0. The fraction of sp³-hybridized carbons (Fsp3) is 0.613. The number of unbranched alkanes of at least 4 members (excludes halogenated alkanes) is 4. The van der Waals surface area contributed by atoms with Crippen molar-refractivity contribution in [1.29, 1.82) is 0 Å². The van der Waals surface area contributed by atoms with Gasteiger partial charge in [-0.25, -0.2) is 0 Å². The van der Waals surface area contributed by atoms with Crippen LogP contribution in [-0.2, 0) is 12.8 Å². The zero-order valence-electron chi connectivity index (χ0n) is 90.6. The van der Waals surface area contributed by atoms with E-state index in [2.05, 4.69) is 106 Å². The molecular formula is C124H194O19. The van der Waals surface area contributed by atoms with Gasteiger partial charge in [0.2, 0.25) is 0 Å². The van der Waals surface area contributed by atoms with E-state index in [0.29, 0.717) is 45.4 Å². The number of rotatable bonds is 59. The van der Waals surface area contributed by atoms with Gasteiger partial charge in [0.1, 0.15) is 83.1 Å². The molecule has 19 heteroatoms. The highest BCUT2D eigenvalue weighted by Gasteiger charge is 2.30. The van der Waals surface area contributed by atoms with Crippen LogP contribution in [0.25, 0.3) is 0 Å². The van der Waals surface area contributed by atoms with E-state index in [4.69, 9.17) is 62.3 Å². The molecular weight excluding hydrogens is 1790 g/mol. The lowest BCUT2D eigenvalue weighted by molar-refractivity contribution is -0.0339. The maximum atomic E-state index is 10.4. The molecule has 8 aromatic rings. The van der Waals surface area contributed by atoms with Crippen molar-refractivity contribution < 1.29 is 93.0 Å². The van der Waals surface area contributed by atoms with Crippen LogP contribution < -0.4 is 52.1 Å². The Labute approximate surface area is 865 Å². The molecule has 5 atom stereocenters. The van der Waals surface area contributed by atoms with E-state index in [0.717, 1.165) is 279 Å². The summed E-state index contributed by atoms with van der Waals surface area (Å²) in [5.74, 6) is 11.7. The quantitative estimate of drug-likeness (QED) is 0.0130. The van der Waals surface area contributed by atoms with Gasteiger partial charge in [-0.1, -0.05) is 278 Å². The third-order valence-electron chi connectivity index (χ3n) is 25.1. The van der Waals surface area contributed by atoms with Crippen molar-refractivity contribution in [2.45, 2.75) is 389 Å². The molecule has 0 bridgehead atoms. The zero-order chi connectivity index (χ0) is 104. The molecule has 3 saturated carbocycles. The number of aliphatic hydroxyl groups is 8. The van der Waals surface area contributed by atoms with Crippen LogP contribution >= 0.6 is 0 Å². The van der Waals surface area contributed by atoms with Gasteiger partial charge < -0.3 is 93.0 Å². The molecule has 19 nitrogen and oxygen atoms in total. The summed E-state index contributed by atoms with van der Waals surface area (Å²) in [5.41, 5.74) is 4.73. The molecule has 5 unspecified atom stereocenters. The summed E-state index contributed by atoms with van der Waals surface area (Å²) in [6.45, 7) is 33.1. The first-order chi connectivity index (χ1) is 69.8. The van der Waals surface area contributed by atoms with Crippen LogP contribution in [0.3, 0.4) is 0 Å². The van der Waals surface area contributed by atoms with Gasteiger partial charge in [0.15, 0.2) is 0 Å². The van der Waals surface area contributed by atoms with Crippen LogP contribution in [0.1, 0.15) is 386 Å². The van der Waals surface area contributed by atoms with Gasteiger partial charge in [-0.3, -0.25) is 0 Å². The van der Waals surface area contributed by atoms with Gasteiger partial charge in [0.25, 0.3) is 0 Å². The first kappa shape index (κ1) is 127. The van der Waals surface area contributed by atoms with Crippen molar-refractivity contribution in [3.63, 3.8) is 0 Å². The topological polar surface area (TPSA) is 263 Å². The van der Waals surface area contributed by atoms with Crippen LogP contribution in [0.15, 0.2) is 194 Å². The van der Waals surface area contributed by atoms with Crippen LogP contribution in [0.4, 0.5) is 0 Å². The van der Waals surface area contributed by atoms with E-state index in [9.17, 15) is 30.6 Å². The van der Waals surface area contributed by atoms with Gasteiger partial charge in [-0.05, 0) is 297 Å². The first-order valence-electron chi connectivity index (χ1n) is 55.8. The summed E-state index contributed by atoms with van der Waals surface area (Å²) < 4.78 is 62.6. The minimum absolute atomic E-state index is 0.207. The van der Waals surface area contributed by atoms with Crippen LogP contribution in [0.5, 0.6) is 63.2 Å². The summed E-state index contributed by atoms with van der Waals surface area (Å²) in [7, 11) is 0. The molecule has 0 radical (unpaired) electrons. The van der Waals surface area contributed by atoms with E-state index in [1.54, 1.807) is 0 Å². The van der Waals surface area contributed by atoms with Crippen LogP contribution in [-0.4, -0.2) is 145 Å². The third-order valence-corrected chi connectivity index (χ3v) is 25.1. The fourth-order valence-corrected chi connectivity index (χ4v) is 16.8. The Morgan fingerprint density at radius 1 is 0.273 bits per heavy atom. The third kappa shape index (κ3) is 61.5. The molecule has 0 heterocycles. The number of hydrogen-bond acceptors (Lipinski definition) is 19. The predicted octanol–water partition coefficient (Wildman–Crippen LogP) is 30.0. The van der Waals surface area contributed by atoms with Gasteiger partial charge in [-0.2, -0.15) is 0 Å². The molecule has 0 amide bonds. The molecule has 804 valence electrons. The maximum absolute atomic E-state index is 10.4. The maximum Gasteiger partial charge on any atom is 0.123 e. The monoisotopic (exact) mass is 1990 g/mol. The average molecular weight is 1990 g/mol. The van der Waals surface area contributed by atoms with Crippen LogP contribution in [0.2, 0.25) is 0 Å². The molecule has 0 spiro atoms. The molecule has 3 aliphatic carbocycles. The molecule has 143 heavy (non-hydrogen) atoms. The van der Waals surface area contributed by atoms with E-state index < -0.39 is 30.0 Å². The summed E-state index contributed by atoms with van der Waals surface area (Å²) >= 11 is 0. The van der Waals surface area contributed by atoms with Gasteiger partial charge in [0, 0.05) is 31.4 Å². The highest BCUT2D eigenvalue weighted by atomic mass is 16.5. The smallest absolute Gasteiger partial charge is 0.123 e. The summed E-state index contributed by atoms with van der Waals surface area (Å²) in [6.07, 6.45) is 43.8. The Bertz CT molecular complexity index is 4290. The number of aliphatic hydroxyl groups excluding tert-OH is 7. The second-order valence-electron chi connectivity index (χ2n) is 38.6. The number of ether oxygens (including phenoxy) is 11. The van der Waals surface area contributed by atoms with Crippen molar-refractivity contribution in [3.8, 4) is 63.2 Å². The zero-order valence-corrected chi connectivity index (χ0v) is 90.6. The Morgan fingerprint density at radius 2 is 0.580 bits per heavy atom. The number of hydrogen-bond donors (Lipinski definition) is 8. The van der Waals surface area contributed by atoms with Crippen molar-refractivity contribution in [2.75, 3.05) is 85.9 Å². The van der Waals surface area contributed by atoms with Crippen molar-refractivity contribution >= 4 is 0 Å². The van der Waals surface area contributed by atoms with Crippen molar-refractivity contribution in [2.24, 2.45) is 17.8 Å². The Kier molecular flexibility index (Phi) is 73.7. The molecule has 3 fully saturated rings. The SMILES string of the molecule is CCCC(CCC)COc1cccc(CC)c1.CCCC(O)COc1cccc(C(O)CCC)c1.CCCC(O)c1cccc(OCCCCCO)c1.CCCC(O)c1cccc(OCCCCO)c1.CCCCc1cccc(OCC(O)CCC)c1.CCCOc1cccc(OCC2(O)CCCCC2)c1.CCCOc1cccc(OCC2CCCCC2)c1.CCCOc1cccc(OCC2CCCCCC2)c1. The minimum Gasteiger partial charge on any atom is -0.494 e. The Hall–Kier alpha value is -8.76. The molecule has 3 aliphatic rings. The number of benzene rings is 8. The van der Waals surface area contributed by atoms with Gasteiger partial charge >= 0.3 is 0 Å². The standard InChI is InChI=1S/C17H26O2.C16H24O3.C16H24O2.C16H26O.2C15H24O3.C15H24O2.C14H22O3/c1-2-12-18-16-10-7-11-17(13-16)19-14-15-8-5-3-4-6-9-15;1-2-11-18-14-7-6-8-15(12-14)19-13-16(17)9-4-3-5-10-16;1-2-11-17-15-9-6-10-16(12-15)18-13-14-7-4-3-5-8-14;1-4-8-15(9-5-2)13-17-16-11-7-10-14(6-3)12-16;1-3-6-13(16)11-18-14-9-5-8-12(10-14)15(17)7-4-2;1-2-7-15(17)13-8-6-9-14(12-13)18-11-5-3-4-10-16;1-3-5-8-13-9-6-10-15(11-13)17-12-14(16)7-4-2;1-2-6-14(16)12-7-5-8-13(11-12)17-10-4-3-9-15/h7,10-11,13,15H,2-6,8-9,12,14H2,1H3;6-8,12,17H,2-5,9-11,13H2,1H3;6,9-10,12,14H,2-5,7-8,11,13H2,1H3;7,10-12,15H,4-6,8-9,13H2,1-3H3;5,8-10,13,15-17H,3-4,6-7,11H2,1-2H3;6,8-9,12,15-17H,2-5,7,10-11H2,1H3;6,9-11,14,16H,3-5,7-8,12H2,1-2H3;5,7-8,11,14-16H,2-4,6,9-10H2,1H3. The lowest BCUT2D eigenvalue weighted by Crippen LogP contribution is -2.37. The molecule has 0 aliphatic heterocycles. The fourth-order valence-electron chi connectivity index (χ4n) is 16.8. The van der Waals surface area contributed by atoms with Crippen molar-refractivity contribution in [1.82, 2.24) is 0 Å². The van der Waals surface area contributed by atoms with E-state index >= 15 is 0 Å². The van der Waals surface area contributed by atoms with Crippen molar-refractivity contribution in [3.05, 3.63) is 222 Å². The average Bonchev–Trinajstić information content (AvgIpc) is 1.24. The molecule has 8 aromatic carbocycles. The van der Waals surface area contributed by atoms with Gasteiger partial charge in [-0.15, -0.1) is 0 Å². The van der Waals surface area contributed by atoms with Gasteiger partial charge in [0.05, 0.1) is 89.0 Å². The normalized spacial score (nSPS) is 14.3. The molecule has 0 aromatic heterocycles. The van der Waals surface area contributed by atoms with E-state index in [-0.39, 0.29) is 19.3 Å². The van der Waals surface area contributed by atoms with E-state index in [1.807, 2.05) is 172 Å². The second kappa shape index (κ2) is 83.3. The first-order valence-corrected chi connectivity index (χ1v) is 55.8. The lowest BCUT2D eigenvalue weighted by Gasteiger charge is -2.31. The van der Waals surface area contributed by atoms with Crippen LogP contribution in [0, 0.1) is 17.8 Å².